The van der Waals surface area contributed by atoms with E-state index in [-0.39, 0.29) is 0 Å². The number of benzene rings is 1. The quantitative estimate of drug-likeness (QED) is 0.856. The molecule has 1 unspecified atom stereocenters. The third kappa shape index (κ3) is 3.80. The molecule has 0 radical (unpaired) electrons. The summed E-state index contributed by atoms with van der Waals surface area (Å²) in [6.45, 7) is 6.77. The molecule has 1 N–H and O–H groups in total. The lowest BCUT2D eigenvalue weighted by Gasteiger charge is -2.35. The third-order valence-electron chi connectivity index (χ3n) is 3.78. The summed E-state index contributed by atoms with van der Waals surface area (Å²) in [6.07, 6.45) is 1.24. The zero-order valence-corrected chi connectivity index (χ0v) is 14.5. The molecule has 0 spiro atoms. The smallest absolute Gasteiger partial charge is 0.0901 e. The zero-order chi connectivity index (χ0) is 14.9. The van der Waals surface area contributed by atoms with Gasteiger partial charge in [0.1, 0.15) is 0 Å². The molecule has 2 nitrogen and oxygen atoms in total. The maximum Gasteiger partial charge on any atom is 0.0901 e. The van der Waals surface area contributed by atoms with Gasteiger partial charge in [0.2, 0.25) is 0 Å². The number of rotatable bonds is 3. The molecule has 21 heavy (non-hydrogen) atoms. The predicted octanol–water partition coefficient (Wildman–Crippen LogP) is 5.06. The molecular formula is C17H22N2S2. The van der Waals surface area contributed by atoms with Crippen molar-refractivity contribution in [2.45, 2.75) is 33.2 Å². The van der Waals surface area contributed by atoms with Crippen LogP contribution in [0.25, 0.3) is 11.3 Å². The lowest BCUT2D eigenvalue weighted by molar-refractivity contribution is 0.358. The van der Waals surface area contributed by atoms with Crippen LogP contribution in [0.5, 0.6) is 0 Å². The second-order valence-electron chi connectivity index (χ2n) is 6.55. The summed E-state index contributed by atoms with van der Waals surface area (Å²) in [5.74, 6) is 2.48. The molecule has 2 aromatic rings. The van der Waals surface area contributed by atoms with Crippen molar-refractivity contribution in [3.8, 4) is 11.3 Å². The number of hydrogen-bond donors (Lipinski definition) is 1. The van der Waals surface area contributed by atoms with E-state index in [2.05, 4.69) is 65.6 Å². The van der Waals surface area contributed by atoms with E-state index >= 15 is 0 Å². The van der Waals surface area contributed by atoms with Gasteiger partial charge in [-0.3, -0.25) is 0 Å². The number of aryl methyl sites for hydroxylation is 1. The van der Waals surface area contributed by atoms with Crippen molar-refractivity contribution < 1.29 is 0 Å². The van der Waals surface area contributed by atoms with E-state index in [1.165, 1.54) is 29.2 Å². The molecule has 4 heteroatoms. The Hall–Kier alpha value is -1.00. The van der Waals surface area contributed by atoms with Crippen molar-refractivity contribution in [3.63, 3.8) is 0 Å². The standard InChI is InChI=1S/C17H22N2S2/c1-12-18-16(10-21-12)13-4-6-14(7-5-13)19-15-8-17(2,3)11-20-9-15/h4-7,10,15,19H,8-9,11H2,1-3H3. The molecule has 1 aliphatic heterocycles. The van der Waals surface area contributed by atoms with Gasteiger partial charge in [-0.25, -0.2) is 4.98 Å². The third-order valence-corrected chi connectivity index (χ3v) is 6.18. The summed E-state index contributed by atoms with van der Waals surface area (Å²) in [5.41, 5.74) is 3.94. The minimum Gasteiger partial charge on any atom is -0.381 e. The molecule has 1 aromatic carbocycles. The fourth-order valence-electron chi connectivity index (χ4n) is 2.82. The van der Waals surface area contributed by atoms with Crippen molar-refractivity contribution in [2.75, 3.05) is 16.8 Å². The molecule has 3 rings (SSSR count). The van der Waals surface area contributed by atoms with E-state index in [0.29, 0.717) is 11.5 Å². The molecule has 1 atom stereocenters. The minimum absolute atomic E-state index is 0.443. The summed E-state index contributed by atoms with van der Waals surface area (Å²) >= 11 is 3.76. The molecule has 0 amide bonds. The van der Waals surface area contributed by atoms with Crippen LogP contribution in [0.15, 0.2) is 29.6 Å². The number of thioether (sulfide) groups is 1. The van der Waals surface area contributed by atoms with Crippen molar-refractivity contribution in [2.24, 2.45) is 5.41 Å². The van der Waals surface area contributed by atoms with Crippen LogP contribution in [-0.2, 0) is 0 Å². The normalized spacial score (nSPS) is 21.2. The Balaban J connectivity index is 1.67. The van der Waals surface area contributed by atoms with Gasteiger partial charge in [-0.2, -0.15) is 11.8 Å². The first kappa shape index (κ1) is 14.9. The highest BCUT2D eigenvalue weighted by molar-refractivity contribution is 7.99. The second-order valence-corrected chi connectivity index (χ2v) is 8.65. The maximum absolute atomic E-state index is 4.54. The number of aromatic nitrogens is 1. The minimum atomic E-state index is 0.443. The maximum atomic E-state index is 4.54. The van der Waals surface area contributed by atoms with E-state index in [0.717, 1.165) is 10.7 Å². The van der Waals surface area contributed by atoms with Crippen LogP contribution >= 0.6 is 23.1 Å². The summed E-state index contributed by atoms with van der Waals surface area (Å²) in [4.78, 5) is 4.54. The number of anilines is 1. The Labute approximate surface area is 135 Å². The van der Waals surface area contributed by atoms with E-state index in [1.54, 1.807) is 11.3 Å². The number of nitrogens with zero attached hydrogens (tertiary/aromatic N) is 1. The van der Waals surface area contributed by atoms with Crippen LogP contribution in [0.4, 0.5) is 5.69 Å². The molecule has 1 aliphatic rings. The molecule has 2 heterocycles. The first-order valence-electron chi connectivity index (χ1n) is 7.39. The number of hydrogen-bond acceptors (Lipinski definition) is 4. The Kier molecular flexibility index (Phi) is 4.27. The lowest BCUT2D eigenvalue weighted by Crippen LogP contribution is -2.35. The first-order valence-corrected chi connectivity index (χ1v) is 9.42. The first-order chi connectivity index (χ1) is 10.0. The topological polar surface area (TPSA) is 24.9 Å². The van der Waals surface area contributed by atoms with E-state index in [1.807, 2.05) is 6.92 Å². The van der Waals surface area contributed by atoms with Crippen LogP contribution in [0, 0.1) is 12.3 Å². The second kappa shape index (κ2) is 6.01. The Morgan fingerprint density at radius 1 is 1.24 bits per heavy atom. The van der Waals surface area contributed by atoms with Crippen LogP contribution in [0.3, 0.4) is 0 Å². The van der Waals surface area contributed by atoms with Gasteiger partial charge < -0.3 is 5.32 Å². The fourth-order valence-corrected chi connectivity index (χ4v) is 4.72. The summed E-state index contributed by atoms with van der Waals surface area (Å²) < 4.78 is 0. The molecule has 1 aromatic heterocycles. The average Bonchev–Trinajstić information content (AvgIpc) is 2.85. The van der Waals surface area contributed by atoms with Crippen molar-refractivity contribution >= 4 is 28.8 Å². The van der Waals surface area contributed by atoms with Gasteiger partial charge in [-0.1, -0.05) is 26.0 Å². The average molecular weight is 319 g/mol. The summed E-state index contributed by atoms with van der Waals surface area (Å²) in [5, 5.41) is 6.92. The van der Waals surface area contributed by atoms with Gasteiger partial charge in [0.25, 0.3) is 0 Å². The van der Waals surface area contributed by atoms with Gasteiger partial charge in [0.05, 0.1) is 10.7 Å². The summed E-state index contributed by atoms with van der Waals surface area (Å²) in [7, 11) is 0. The largest absolute Gasteiger partial charge is 0.381 e. The highest BCUT2D eigenvalue weighted by Gasteiger charge is 2.28. The SMILES string of the molecule is Cc1nc(-c2ccc(NC3CSCC(C)(C)C3)cc2)cs1. The monoisotopic (exact) mass is 318 g/mol. The Morgan fingerprint density at radius 3 is 2.62 bits per heavy atom. The predicted molar refractivity (Wildman–Crippen MR) is 95.4 cm³/mol. The molecule has 0 saturated carbocycles. The van der Waals surface area contributed by atoms with E-state index in [9.17, 15) is 0 Å². The van der Waals surface area contributed by atoms with Crippen molar-refractivity contribution in [1.82, 2.24) is 4.98 Å². The number of thiazole rings is 1. The Morgan fingerprint density at radius 2 is 2.00 bits per heavy atom. The summed E-state index contributed by atoms with van der Waals surface area (Å²) in [6, 6.07) is 9.26. The van der Waals surface area contributed by atoms with E-state index < -0.39 is 0 Å². The molecule has 0 aliphatic carbocycles. The van der Waals surface area contributed by atoms with Crippen LogP contribution in [0.2, 0.25) is 0 Å². The van der Waals surface area contributed by atoms with Crippen LogP contribution in [0.1, 0.15) is 25.3 Å². The Bertz CT molecular complexity index is 602. The van der Waals surface area contributed by atoms with Crippen molar-refractivity contribution in [3.05, 3.63) is 34.7 Å². The molecule has 1 fully saturated rings. The highest BCUT2D eigenvalue weighted by Crippen LogP contribution is 2.35. The van der Waals surface area contributed by atoms with Gasteiger partial charge in [0, 0.05) is 28.4 Å². The molecule has 112 valence electrons. The van der Waals surface area contributed by atoms with Gasteiger partial charge in [-0.05, 0) is 36.6 Å². The zero-order valence-electron chi connectivity index (χ0n) is 12.8. The fraction of sp³-hybridized carbons (Fsp3) is 0.471. The number of nitrogens with one attached hydrogen (secondary N) is 1. The highest BCUT2D eigenvalue weighted by atomic mass is 32.2. The van der Waals surface area contributed by atoms with Crippen LogP contribution < -0.4 is 5.32 Å². The molecular weight excluding hydrogens is 296 g/mol. The molecule has 1 saturated heterocycles. The van der Waals surface area contributed by atoms with E-state index in [4.69, 9.17) is 0 Å². The van der Waals surface area contributed by atoms with Crippen molar-refractivity contribution in [1.29, 1.82) is 0 Å². The van der Waals surface area contributed by atoms with Gasteiger partial charge in [-0.15, -0.1) is 11.3 Å². The van der Waals surface area contributed by atoms with Gasteiger partial charge >= 0.3 is 0 Å². The molecule has 0 bridgehead atoms. The van der Waals surface area contributed by atoms with Crippen LogP contribution in [-0.4, -0.2) is 22.5 Å². The lowest BCUT2D eigenvalue weighted by atomic mass is 9.88. The van der Waals surface area contributed by atoms with Gasteiger partial charge in [0.15, 0.2) is 0 Å².